The number of hydrogen-bond acceptors (Lipinski definition) is 3. The van der Waals surface area contributed by atoms with E-state index in [-0.39, 0.29) is 0 Å². The van der Waals surface area contributed by atoms with Crippen LogP contribution in [0.3, 0.4) is 0 Å². The lowest BCUT2D eigenvalue weighted by Gasteiger charge is -2.16. The molecule has 0 radical (unpaired) electrons. The van der Waals surface area contributed by atoms with E-state index in [0.29, 0.717) is 5.70 Å². The van der Waals surface area contributed by atoms with Gasteiger partial charge in [-0.3, -0.25) is 10.2 Å². The van der Waals surface area contributed by atoms with E-state index in [1.807, 2.05) is 24.3 Å². The number of rotatable bonds is 1. The highest BCUT2D eigenvalue weighted by molar-refractivity contribution is 5.85. The van der Waals surface area contributed by atoms with Crippen LogP contribution in [-0.2, 0) is 4.79 Å². The number of hydrazine groups is 1. The summed E-state index contributed by atoms with van der Waals surface area (Å²) in [4.78, 5) is 10.4. The molecule has 0 aliphatic carbocycles. The first-order chi connectivity index (χ1) is 5.90. The van der Waals surface area contributed by atoms with Gasteiger partial charge in [0.25, 0.3) is 0 Å². The average molecular weight is 160 g/mol. The molecule has 60 valence electrons. The summed E-state index contributed by atoms with van der Waals surface area (Å²) in [5, 5.41) is 0. The SMILES string of the molecule is O=CC1=Cc2ccccc2NN1. The second-order valence-electron chi connectivity index (χ2n) is 2.55. The van der Waals surface area contributed by atoms with Crippen LogP contribution in [0.25, 0.3) is 6.08 Å². The molecule has 3 heteroatoms. The van der Waals surface area contributed by atoms with Gasteiger partial charge in [-0.1, -0.05) is 18.2 Å². The molecule has 12 heavy (non-hydrogen) atoms. The number of anilines is 1. The molecule has 1 aromatic carbocycles. The van der Waals surface area contributed by atoms with Crippen LogP contribution >= 0.6 is 0 Å². The van der Waals surface area contributed by atoms with Crippen LogP contribution in [0.2, 0.25) is 0 Å². The van der Waals surface area contributed by atoms with Crippen molar-refractivity contribution in [2.24, 2.45) is 0 Å². The Hall–Kier alpha value is -1.77. The monoisotopic (exact) mass is 160 g/mol. The van der Waals surface area contributed by atoms with E-state index >= 15 is 0 Å². The average Bonchev–Trinajstić information content (AvgIpc) is 2.17. The van der Waals surface area contributed by atoms with Gasteiger partial charge in [-0.25, -0.2) is 0 Å². The summed E-state index contributed by atoms with van der Waals surface area (Å²) in [6.45, 7) is 0. The molecule has 0 unspecified atom stereocenters. The van der Waals surface area contributed by atoms with Crippen molar-refractivity contribution in [3.05, 3.63) is 35.5 Å². The molecule has 0 saturated carbocycles. The molecule has 0 spiro atoms. The molecule has 0 atom stereocenters. The summed E-state index contributed by atoms with van der Waals surface area (Å²) in [7, 11) is 0. The quantitative estimate of drug-likeness (QED) is 0.605. The van der Waals surface area contributed by atoms with E-state index in [4.69, 9.17) is 0 Å². The molecule has 0 fully saturated rings. The Balaban J connectivity index is 2.47. The highest BCUT2D eigenvalue weighted by atomic mass is 16.1. The van der Waals surface area contributed by atoms with E-state index in [2.05, 4.69) is 10.9 Å². The Morgan fingerprint density at radius 2 is 2.00 bits per heavy atom. The molecular weight excluding hydrogens is 152 g/mol. The van der Waals surface area contributed by atoms with Crippen LogP contribution in [0.15, 0.2) is 30.0 Å². The smallest absolute Gasteiger partial charge is 0.167 e. The summed E-state index contributed by atoms with van der Waals surface area (Å²) in [5.74, 6) is 0. The molecular formula is C9H8N2O. The summed E-state index contributed by atoms with van der Waals surface area (Å²) >= 11 is 0. The largest absolute Gasteiger partial charge is 0.300 e. The van der Waals surface area contributed by atoms with Crippen molar-refractivity contribution in [2.45, 2.75) is 0 Å². The van der Waals surface area contributed by atoms with Gasteiger partial charge in [-0.05, 0) is 12.1 Å². The molecule has 0 bridgehead atoms. The minimum atomic E-state index is 0.550. The first-order valence-electron chi connectivity index (χ1n) is 3.68. The van der Waals surface area contributed by atoms with Crippen molar-refractivity contribution in [2.75, 3.05) is 5.43 Å². The molecule has 3 nitrogen and oxygen atoms in total. The van der Waals surface area contributed by atoms with Gasteiger partial charge in [0.2, 0.25) is 0 Å². The Kier molecular flexibility index (Phi) is 1.55. The minimum Gasteiger partial charge on any atom is -0.300 e. The highest BCUT2D eigenvalue weighted by Crippen LogP contribution is 2.19. The molecule has 0 aromatic heterocycles. The van der Waals surface area contributed by atoms with Gasteiger partial charge in [-0.15, -0.1) is 0 Å². The predicted octanol–water partition coefficient (Wildman–Crippen LogP) is 1.16. The fraction of sp³-hybridized carbons (Fsp3) is 0. The maximum absolute atomic E-state index is 10.4. The zero-order valence-corrected chi connectivity index (χ0v) is 6.37. The van der Waals surface area contributed by atoms with Crippen molar-refractivity contribution < 1.29 is 4.79 Å². The Labute approximate surface area is 70.1 Å². The van der Waals surface area contributed by atoms with Crippen molar-refractivity contribution in [1.29, 1.82) is 0 Å². The predicted molar refractivity (Wildman–Crippen MR) is 47.2 cm³/mol. The van der Waals surface area contributed by atoms with E-state index < -0.39 is 0 Å². The number of aldehydes is 1. The normalized spacial score (nSPS) is 13.5. The number of para-hydroxylation sites is 1. The highest BCUT2D eigenvalue weighted by Gasteiger charge is 2.05. The van der Waals surface area contributed by atoms with E-state index in [0.717, 1.165) is 17.5 Å². The molecule has 1 heterocycles. The van der Waals surface area contributed by atoms with Gasteiger partial charge in [0, 0.05) is 5.56 Å². The first kappa shape index (κ1) is 6.91. The zero-order valence-electron chi connectivity index (χ0n) is 6.37. The molecule has 2 rings (SSSR count). The van der Waals surface area contributed by atoms with Crippen LogP contribution in [0, 0.1) is 0 Å². The van der Waals surface area contributed by atoms with E-state index in [9.17, 15) is 4.79 Å². The van der Waals surface area contributed by atoms with Gasteiger partial charge >= 0.3 is 0 Å². The van der Waals surface area contributed by atoms with Crippen LogP contribution in [0.1, 0.15) is 5.56 Å². The summed E-state index contributed by atoms with van der Waals surface area (Å²) in [5.41, 5.74) is 8.25. The third kappa shape index (κ3) is 1.05. The summed E-state index contributed by atoms with van der Waals surface area (Å²) in [6.07, 6.45) is 2.59. The van der Waals surface area contributed by atoms with Crippen molar-refractivity contribution >= 4 is 18.0 Å². The summed E-state index contributed by atoms with van der Waals surface area (Å²) < 4.78 is 0. The third-order valence-corrected chi connectivity index (χ3v) is 1.74. The van der Waals surface area contributed by atoms with Crippen LogP contribution < -0.4 is 10.9 Å². The first-order valence-corrected chi connectivity index (χ1v) is 3.68. The van der Waals surface area contributed by atoms with Crippen LogP contribution in [0.4, 0.5) is 5.69 Å². The fourth-order valence-electron chi connectivity index (χ4n) is 1.14. The fourth-order valence-corrected chi connectivity index (χ4v) is 1.14. The molecule has 2 N–H and O–H groups in total. The van der Waals surface area contributed by atoms with Gasteiger partial charge in [0.05, 0.1) is 11.4 Å². The van der Waals surface area contributed by atoms with Gasteiger partial charge in [0.15, 0.2) is 6.29 Å². The van der Waals surface area contributed by atoms with Gasteiger partial charge < -0.3 is 5.43 Å². The Morgan fingerprint density at radius 1 is 1.17 bits per heavy atom. The molecule has 0 amide bonds. The topological polar surface area (TPSA) is 41.1 Å². The number of benzene rings is 1. The van der Waals surface area contributed by atoms with Crippen molar-refractivity contribution in [1.82, 2.24) is 5.43 Å². The lowest BCUT2D eigenvalue weighted by atomic mass is 10.1. The Bertz CT molecular complexity index is 344. The lowest BCUT2D eigenvalue weighted by molar-refractivity contribution is -0.105. The molecule has 1 aliphatic rings. The molecule has 0 saturated heterocycles. The zero-order chi connectivity index (χ0) is 8.39. The summed E-state index contributed by atoms with van der Waals surface area (Å²) in [6, 6.07) is 7.77. The number of nitrogens with one attached hydrogen (secondary N) is 2. The second kappa shape index (κ2) is 2.70. The number of carbonyl (C=O) groups is 1. The molecule has 1 aliphatic heterocycles. The second-order valence-corrected chi connectivity index (χ2v) is 2.55. The molecule has 1 aromatic rings. The standard InChI is InChI=1S/C9H8N2O/c12-6-8-5-7-3-1-2-4-9(7)11-10-8/h1-6,10-11H. The van der Waals surface area contributed by atoms with Crippen LogP contribution in [0.5, 0.6) is 0 Å². The van der Waals surface area contributed by atoms with Crippen molar-refractivity contribution in [3.8, 4) is 0 Å². The number of allylic oxidation sites excluding steroid dienone is 1. The Morgan fingerprint density at radius 3 is 2.83 bits per heavy atom. The minimum absolute atomic E-state index is 0.550. The van der Waals surface area contributed by atoms with E-state index in [1.54, 1.807) is 6.08 Å². The number of hydrogen-bond donors (Lipinski definition) is 2. The third-order valence-electron chi connectivity index (χ3n) is 1.74. The number of carbonyl (C=O) groups excluding carboxylic acids is 1. The van der Waals surface area contributed by atoms with Crippen molar-refractivity contribution in [3.63, 3.8) is 0 Å². The lowest BCUT2D eigenvalue weighted by Crippen LogP contribution is -2.25. The van der Waals surface area contributed by atoms with Crippen LogP contribution in [-0.4, -0.2) is 6.29 Å². The maximum Gasteiger partial charge on any atom is 0.167 e. The number of fused-ring (bicyclic) bond motifs is 1. The van der Waals surface area contributed by atoms with E-state index in [1.165, 1.54) is 0 Å². The maximum atomic E-state index is 10.4. The van der Waals surface area contributed by atoms with Gasteiger partial charge in [0.1, 0.15) is 0 Å². The van der Waals surface area contributed by atoms with Gasteiger partial charge in [-0.2, -0.15) is 0 Å².